The highest BCUT2D eigenvalue weighted by molar-refractivity contribution is 5.87. The highest BCUT2D eigenvalue weighted by Crippen LogP contribution is 2.58. The van der Waals surface area contributed by atoms with Crippen LogP contribution in [-0.2, 0) is 5.41 Å². The van der Waals surface area contributed by atoms with Gasteiger partial charge in [0.1, 0.15) is 11.5 Å². The van der Waals surface area contributed by atoms with Gasteiger partial charge in [-0.2, -0.15) is 0 Å². The number of anilines is 2. The lowest BCUT2D eigenvalue weighted by molar-refractivity contribution is 0.466. The molecule has 0 saturated heterocycles. The number of rotatable bonds is 4. The van der Waals surface area contributed by atoms with Crippen molar-refractivity contribution in [3.8, 4) is 22.6 Å². The topological polar surface area (TPSA) is 92.5 Å². The van der Waals surface area contributed by atoms with E-state index < -0.39 is 5.41 Å². The number of hydrogen-bond acceptors (Lipinski definition) is 4. The molecule has 178 valence electrons. The molecule has 0 fully saturated rings. The molecular formula is C31H32N2O2. The molecule has 35 heavy (non-hydrogen) atoms. The summed E-state index contributed by atoms with van der Waals surface area (Å²) < 4.78 is 0. The SMILES string of the molecule is CC(C)c1cc(C2(c3cc(N)c(O)c(C(C)C)c3)c3ccccc3-c3ccccc32)cc(N)c1O. The van der Waals surface area contributed by atoms with Gasteiger partial charge in [0.15, 0.2) is 0 Å². The molecule has 5 rings (SSSR count). The molecule has 1 aliphatic carbocycles. The van der Waals surface area contributed by atoms with Gasteiger partial charge in [0, 0.05) is 0 Å². The van der Waals surface area contributed by atoms with E-state index in [1.54, 1.807) is 0 Å². The van der Waals surface area contributed by atoms with Crippen molar-refractivity contribution < 1.29 is 10.2 Å². The molecule has 0 heterocycles. The zero-order valence-electron chi connectivity index (χ0n) is 20.6. The minimum absolute atomic E-state index is 0.0808. The minimum atomic E-state index is -0.718. The van der Waals surface area contributed by atoms with E-state index in [1.165, 1.54) is 0 Å². The van der Waals surface area contributed by atoms with Gasteiger partial charge in [-0.15, -0.1) is 0 Å². The van der Waals surface area contributed by atoms with Crippen molar-refractivity contribution in [2.45, 2.75) is 44.9 Å². The number of aromatic hydroxyl groups is 2. The van der Waals surface area contributed by atoms with Crippen LogP contribution in [0.2, 0.25) is 0 Å². The molecule has 0 aliphatic heterocycles. The molecule has 0 aromatic heterocycles. The van der Waals surface area contributed by atoms with Crippen molar-refractivity contribution in [2.75, 3.05) is 11.5 Å². The second-order valence-electron chi connectivity index (χ2n) is 10.2. The number of benzene rings is 4. The lowest BCUT2D eigenvalue weighted by atomic mass is 9.66. The summed E-state index contributed by atoms with van der Waals surface area (Å²) >= 11 is 0. The van der Waals surface area contributed by atoms with Gasteiger partial charge < -0.3 is 21.7 Å². The average Bonchev–Trinajstić information content (AvgIpc) is 3.13. The highest BCUT2D eigenvalue weighted by atomic mass is 16.3. The maximum Gasteiger partial charge on any atom is 0.141 e. The molecule has 6 N–H and O–H groups in total. The first-order valence-corrected chi connectivity index (χ1v) is 12.1. The quantitative estimate of drug-likeness (QED) is 0.172. The standard InChI is InChI=1S/C31H32N2O2/c1-17(2)23-13-19(15-27(32)29(23)34)31(20-14-24(18(3)4)30(35)28(33)16-20)25-11-7-5-9-21(25)22-10-6-8-12-26(22)31/h5-18,34-35H,32-33H2,1-4H3. The number of phenols is 2. The lowest BCUT2D eigenvalue weighted by Crippen LogP contribution is -2.29. The third kappa shape index (κ3) is 3.20. The van der Waals surface area contributed by atoms with Crippen molar-refractivity contribution in [2.24, 2.45) is 0 Å². The number of fused-ring (bicyclic) bond motifs is 3. The average molecular weight is 465 g/mol. The van der Waals surface area contributed by atoms with Crippen LogP contribution in [0.15, 0.2) is 72.8 Å². The molecule has 0 atom stereocenters. The van der Waals surface area contributed by atoms with Gasteiger partial charge in [-0.05, 0) is 68.5 Å². The fourth-order valence-corrected chi connectivity index (χ4v) is 5.70. The Kier molecular flexibility index (Phi) is 5.28. The van der Waals surface area contributed by atoms with Crippen LogP contribution in [0.25, 0.3) is 11.1 Å². The van der Waals surface area contributed by atoms with E-state index in [0.29, 0.717) is 11.4 Å². The number of nitrogen functional groups attached to an aromatic ring is 2. The molecule has 0 amide bonds. The van der Waals surface area contributed by atoms with Crippen LogP contribution >= 0.6 is 0 Å². The zero-order chi connectivity index (χ0) is 25.1. The van der Waals surface area contributed by atoms with Gasteiger partial charge in [0.2, 0.25) is 0 Å². The Bertz CT molecular complexity index is 1340. The normalized spacial score (nSPS) is 13.8. The third-order valence-electron chi connectivity index (χ3n) is 7.40. The predicted molar refractivity (Wildman–Crippen MR) is 144 cm³/mol. The van der Waals surface area contributed by atoms with Crippen LogP contribution in [-0.4, -0.2) is 10.2 Å². The highest BCUT2D eigenvalue weighted by Gasteiger charge is 2.47. The number of phenolic OH excluding ortho intramolecular Hbond substituents is 2. The summed E-state index contributed by atoms with van der Waals surface area (Å²) in [5.41, 5.74) is 20.9. The molecule has 4 aromatic carbocycles. The van der Waals surface area contributed by atoms with Gasteiger partial charge >= 0.3 is 0 Å². The van der Waals surface area contributed by atoms with E-state index in [0.717, 1.165) is 44.5 Å². The van der Waals surface area contributed by atoms with Crippen molar-refractivity contribution >= 4 is 11.4 Å². The van der Waals surface area contributed by atoms with Gasteiger partial charge in [-0.1, -0.05) is 88.4 Å². The molecule has 0 unspecified atom stereocenters. The molecule has 0 saturated carbocycles. The Hall–Kier alpha value is -3.92. The van der Waals surface area contributed by atoms with Crippen molar-refractivity contribution in [3.63, 3.8) is 0 Å². The third-order valence-corrected chi connectivity index (χ3v) is 7.40. The van der Waals surface area contributed by atoms with Crippen LogP contribution < -0.4 is 11.5 Å². The molecule has 0 radical (unpaired) electrons. The maximum absolute atomic E-state index is 10.8. The number of nitrogens with two attached hydrogens (primary N) is 2. The summed E-state index contributed by atoms with van der Waals surface area (Å²) in [6.45, 7) is 8.21. The number of hydrogen-bond donors (Lipinski definition) is 4. The molecule has 4 nitrogen and oxygen atoms in total. The summed E-state index contributed by atoms with van der Waals surface area (Å²) in [6, 6.07) is 24.8. The van der Waals surface area contributed by atoms with Gasteiger partial charge in [0.05, 0.1) is 16.8 Å². The van der Waals surface area contributed by atoms with E-state index in [9.17, 15) is 10.2 Å². The van der Waals surface area contributed by atoms with E-state index in [-0.39, 0.29) is 23.3 Å². The first kappa shape index (κ1) is 22.9. The van der Waals surface area contributed by atoms with Gasteiger partial charge in [-0.3, -0.25) is 0 Å². The zero-order valence-corrected chi connectivity index (χ0v) is 20.6. The van der Waals surface area contributed by atoms with Crippen LogP contribution in [0.1, 0.15) is 72.9 Å². The Labute approximate surface area is 206 Å². The summed E-state index contributed by atoms with van der Waals surface area (Å²) in [6.07, 6.45) is 0. The Morgan fingerprint density at radius 3 is 1.34 bits per heavy atom. The Morgan fingerprint density at radius 2 is 0.971 bits per heavy atom. The van der Waals surface area contributed by atoms with Crippen LogP contribution in [0.3, 0.4) is 0 Å². The largest absolute Gasteiger partial charge is 0.505 e. The van der Waals surface area contributed by atoms with Crippen LogP contribution in [0, 0.1) is 0 Å². The van der Waals surface area contributed by atoms with E-state index in [1.807, 2.05) is 12.1 Å². The van der Waals surface area contributed by atoms with E-state index in [2.05, 4.69) is 88.4 Å². The second kappa shape index (κ2) is 8.09. The molecule has 4 heteroatoms. The summed E-state index contributed by atoms with van der Waals surface area (Å²) in [5.74, 6) is 0.424. The Balaban J connectivity index is 2.00. The molecule has 0 spiro atoms. The summed E-state index contributed by atoms with van der Waals surface area (Å²) in [7, 11) is 0. The van der Waals surface area contributed by atoms with Gasteiger partial charge in [-0.25, -0.2) is 0 Å². The monoisotopic (exact) mass is 464 g/mol. The molecule has 1 aliphatic rings. The fraction of sp³-hybridized carbons (Fsp3) is 0.226. The van der Waals surface area contributed by atoms with Crippen LogP contribution in [0.4, 0.5) is 11.4 Å². The Morgan fingerprint density at radius 1 is 0.600 bits per heavy atom. The fourth-order valence-electron chi connectivity index (χ4n) is 5.70. The first-order chi connectivity index (χ1) is 16.7. The second-order valence-corrected chi connectivity index (χ2v) is 10.2. The maximum atomic E-state index is 10.8. The molecular weight excluding hydrogens is 432 g/mol. The van der Waals surface area contributed by atoms with E-state index >= 15 is 0 Å². The lowest BCUT2D eigenvalue weighted by Gasteiger charge is -2.35. The van der Waals surface area contributed by atoms with E-state index in [4.69, 9.17) is 11.5 Å². The first-order valence-electron chi connectivity index (χ1n) is 12.1. The minimum Gasteiger partial charge on any atom is -0.505 e. The van der Waals surface area contributed by atoms with Gasteiger partial charge in [0.25, 0.3) is 0 Å². The molecule has 4 aromatic rings. The predicted octanol–water partition coefficient (Wildman–Crippen LogP) is 6.87. The van der Waals surface area contributed by atoms with Crippen molar-refractivity contribution in [1.29, 1.82) is 0 Å². The van der Waals surface area contributed by atoms with Crippen molar-refractivity contribution in [3.05, 3.63) is 106 Å². The van der Waals surface area contributed by atoms with Crippen molar-refractivity contribution in [1.82, 2.24) is 0 Å². The summed E-state index contributed by atoms with van der Waals surface area (Å²) in [4.78, 5) is 0. The smallest absolute Gasteiger partial charge is 0.141 e. The summed E-state index contributed by atoms with van der Waals surface area (Å²) in [5, 5.41) is 21.6. The van der Waals surface area contributed by atoms with Crippen LogP contribution in [0.5, 0.6) is 11.5 Å². The molecule has 0 bridgehead atoms.